The molecule has 2 aromatic carbocycles. The summed E-state index contributed by atoms with van der Waals surface area (Å²) in [5.74, 6) is -0.506. The van der Waals surface area contributed by atoms with Crippen LogP contribution in [0.2, 0.25) is 0 Å². The van der Waals surface area contributed by atoms with E-state index in [4.69, 9.17) is 4.74 Å². The number of hydrogen-bond acceptors (Lipinski definition) is 2. The first-order chi connectivity index (χ1) is 8.70. The largest absolute Gasteiger partial charge is 0.423 e. The third kappa shape index (κ3) is 1.59. The number of alkyl halides is 1. The fraction of sp³-hybridized carbons (Fsp3) is 0.133. The van der Waals surface area contributed by atoms with Gasteiger partial charge in [0, 0.05) is 12.0 Å². The van der Waals surface area contributed by atoms with Crippen LogP contribution in [0.4, 0.5) is 4.39 Å². The first-order valence-electron chi connectivity index (χ1n) is 5.75. The van der Waals surface area contributed by atoms with Gasteiger partial charge in [-0.2, -0.15) is 0 Å². The van der Waals surface area contributed by atoms with E-state index in [0.29, 0.717) is 11.3 Å². The molecule has 1 aliphatic heterocycles. The van der Waals surface area contributed by atoms with Gasteiger partial charge < -0.3 is 4.74 Å². The second-order valence-corrected chi connectivity index (χ2v) is 4.35. The molecule has 3 heteroatoms. The average molecular weight is 242 g/mol. The summed E-state index contributed by atoms with van der Waals surface area (Å²) in [6.07, 6.45) is 0.00366. The van der Waals surface area contributed by atoms with E-state index in [-0.39, 0.29) is 6.42 Å². The summed E-state index contributed by atoms with van der Waals surface area (Å²) in [4.78, 5) is 11.8. The third-order valence-electron chi connectivity index (χ3n) is 3.13. The van der Waals surface area contributed by atoms with Crippen LogP contribution in [0.3, 0.4) is 0 Å². The summed E-state index contributed by atoms with van der Waals surface area (Å²) in [7, 11) is 0. The zero-order chi connectivity index (χ0) is 12.6. The summed E-state index contributed by atoms with van der Waals surface area (Å²) in [5, 5.41) is 0. The maximum atomic E-state index is 14.9. The van der Waals surface area contributed by atoms with Gasteiger partial charge in [-0.25, -0.2) is 9.18 Å². The Bertz CT molecular complexity index is 594. The number of carbonyl (C=O) groups is 1. The molecule has 2 aromatic rings. The Balaban J connectivity index is 2.02. The van der Waals surface area contributed by atoms with Crippen molar-refractivity contribution in [1.82, 2.24) is 0 Å². The topological polar surface area (TPSA) is 26.3 Å². The van der Waals surface area contributed by atoms with E-state index in [0.717, 1.165) is 5.56 Å². The van der Waals surface area contributed by atoms with Gasteiger partial charge in [-0.3, -0.25) is 0 Å². The molecule has 1 heterocycles. The van der Waals surface area contributed by atoms with E-state index in [2.05, 4.69) is 0 Å². The Hall–Kier alpha value is -2.16. The minimum Gasteiger partial charge on any atom is -0.423 e. The lowest BCUT2D eigenvalue weighted by molar-refractivity contribution is -0.144. The van der Waals surface area contributed by atoms with Gasteiger partial charge in [0.05, 0.1) is 0 Å². The standard InChI is InChI=1S/C15H11FO2/c16-15(10-11-6-2-1-3-7-11)12-8-4-5-9-13(12)18-14(15)17/h1-9H,10H2. The van der Waals surface area contributed by atoms with Crippen LogP contribution in [0.1, 0.15) is 11.1 Å². The van der Waals surface area contributed by atoms with Crippen molar-refractivity contribution in [1.29, 1.82) is 0 Å². The van der Waals surface area contributed by atoms with Gasteiger partial charge in [0.25, 0.3) is 0 Å². The molecule has 0 spiro atoms. The van der Waals surface area contributed by atoms with Crippen molar-refractivity contribution in [3.05, 3.63) is 65.7 Å². The monoisotopic (exact) mass is 242 g/mol. The predicted octanol–water partition coefficient (Wildman–Crippen LogP) is 3.01. The Morgan fingerprint density at radius 1 is 1.00 bits per heavy atom. The molecule has 1 atom stereocenters. The van der Waals surface area contributed by atoms with Crippen molar-refractivity contribution in [2.45, 2.75) is 12.1 Å². The molecule has 3 rings (SSSR count). The molecule has 1 unspecified atom stereocenters. The zero-order valence-corrected chi connectivity index (χ0v) is 9.60. The second kappa shape index (κ2) is 3.95. The second-order valence-electron chi connectivity index (χ2n) is 4.35. The van der Waals surface area contributed by atoms with E-state index < -0.39 is 11.6 Å². The molecule has 0 radical (unpaired) electrons. The molecular weight excluding hydrogens is 231 g/mol. The number of halogens is 1. The normalized spacial score (nSPS) is 21.5. The average Bonchev–Trinajstić information content (AvgIpc) is 2.63. The van der Waals surface area contributed by atoms with E-state index in [1.54, 1.807) is 36.4 Å². The van der Waals surface area contributed by atoms with Gasteiger partial charge in [0.1, 0.15) is 5.75 Å². The van der Waals surface area contributed by atoms with Crippen LogP contribution in [-0.2, 0) is 16.9 Å². The highest BCUT2D eigenvalue weighted by molar-refractivity contribution is 5.89. The highest BCUT2D eigenvalue weighted by Crippen LogP contribution is 2.42. The van der Waals surface area contributed by atoms with Gasteiger partial charge in [0.15, 0.2) is 0 Å². The summed E-state index contributed by atoms with van der Waals surface area (Å²) in [6, 6.07) is 15.7. The van der Waals surface area contributed by atoms with Crippen LogP contribution >= 0.6 is 0 Å². The van der Waals surface area contributed by atoms with Crippen LogP contribution in [0.5, 0.6) is 5.75 Å². The van der Waals surface area contributed by atoms with Crippen LogP contribution in [-0.4, -0.2) is 5.97 Å². The van der Waals surface area contributed by atoms with E-state index >= 15 is 0 Å². The minimum atomic E-state index is -2.07. The van der Waals surface area contributed by atoms with E-state index in [9.17, 15) is 9.18 Å². The molecule has 0 aliphatic carbocycles. The lowest BCUT2D eigenvalue weighted by Gasteiger charge is -2.16. The number of hydrogen-bond donors (Lipinski definition) is 0. The van der Waals surface area contributed by atoms with Gasteiger partial charge in [-0.1, -0.05) is 48.5 Å². The van der Waals surface area contributed by atoms with Crippen molar-refractivity contribution >= 4 is 5.97 Å². The van der Waals surface area contributed by atoms with Crippen LogP contribution in [0, 0.1) is 0 Å². The first kappa shape index (κ1) is 11.0. The van der Waals surface area contributed by atoms with Gasteiger partial charge in [-0.05, 0) is 11.6 Å². The minimum absolute atomic E-state index is 0.00366. The Morgan fingerprint density at radius 2 is 1.67 bits per heavy atom. The molecule has 2 nitrogen and oxygen atoms in total. The van der Waals surface area contributed by atoms with Gasteiger partial charge in [-0.15, -0.1) is 0 Å². The maximum Gasteiger partial charge on any atom is 0.354 e. The van der Waals surface area contributed by atoms with Crippen molar-refractivity contribution in [2.75, 3.05) is 0 Å². The van der Waals surface area contributed by atoms with Crippen molar-refractivity contribution < 1.29 is 13.9 Å². The molecule has 0 saturated heterocycles. The zero-order valence-electron chi connectivity index (χ0n) is 9.60. The molecular formula is C15H11FO2. The smallest absolute Gasteiger partial charge is 0.354 e. The Labute approximate surface area is 104 Å². The summed E-state index contributed by atoms with van der Waals surface area (Å²) >= 11 is 0. The van der Waals surface area contributed by atoms with Gasteiger partial charge >= 0.3 is 5.97 Å². The number of esters is 1. The Morgan fingerprint density at radius 3 is 2.44 bits per heavy atom. The van der Waals surface area contributed by atoms with Gasteiger partial charge in [0.2, 0.25) is 5.67 Å². The maximum absolute atomic E-state index is 14.9. The summed E-state index contributed by atoms with van der Waals surface area (Å²) in [5.41, 5.74) is -0.981. The molecule has 0 bridgehead atoms. The van der Waals surface area contributed by atoms with E-state index in [1.807, 2.05) is 18.2 Å². The first-order valence-corrected chi connectivity index (χ1v) is 5.75. The third-order valence-corrected chi connectivity index (χ3v) is 3.13. The molecule has 90 valence electrons. The fourth-order valence-corrected chi connectivity index (χ4v) is 2.22. The van der Waals surface area contributed by atoms with Crippen molar-refractivity contribution in [3.63, 3.8) is 0 Å². The molecule has 0 amide bonds. The fourth-order valence-electron chi connectivity index (χ4n) is 2.22. The van der Waals surface area contributed by atoms with Crippen LogP contribution < -0.4 is 4.74 Å². The number of benzene rings is 2. The molecule has 0 saturated carbocycles. The van der Waals surface area contributed by atoms with Crippen molar-refractivity contribution in [2.24, 2.45) is 0 Å². The number of rotatable bonds is 2. The Kier molecular flexibility index (Phi) is 2.40. The quantitative estimate of drug-likeness (QED) is 0.597. The van der Waals surface area contributed by atoms with Crippen LogP contribution in [0.25, 0.3) is 0 Å². The van der Waals surface area contributed by atoms with Crippen molar-refractivity contribution in [3.8, 4) is 5.75 Å². The number of para-hydroxylation sites is 1. The number of ether oxygens (including phenoxy) is 1. The highest BCUT2D eigenvalue weighted by Gasteiger charge is 2.49. The predicted molar refractivity (Wildman–Crippen MR) is 65.0 cm³/mol. The lowest BCUT2D eigenvalue weighted by atomic mass is 9.90. The summed E-state index contributed by atoms with van der Waals surface area (Å²) < 4.78 is 19.9. The highest BCUT2D eigenvalue weighted by atomic mass is 19.1. The number of fused-ring (bicyclic) bond motifs is 1. The molecule has 1 aliphatic rings. The van der Waals surface area contributed by atoms with Crippen LogP contribution in [0.15, 0.2) is 54.6 Å². The molecule has 0 N–H and O–H groups in total. The molecule has 0 aromatic heterocycles. The summed E-state index contributed by atoms with van der Waals surface area (Å²) in [6.45, 7) is 0. The number of carbonyl (C=O) groups excluding carboxylic acids is 1. The van der Waals surface area contributed by atoms with E-state index in [1.165, 1.54) is 0 Å². The SMILES string of the molecule is O=C1Oc2ccccc2C1(F)Cc1ccccc1. The molecule has 0 fully saturated rings. The lowest BCUT2D eigenvalue weighted by Crippen LogP contribution is -2.31. The molecule has 18 heavy (non-hydrogen) atoms.